The fraction of sp³-hybridized carbons (Fsp3) is 0.455. The molecular weight excluding hydrogens is 322 g/mol. The highest BCUT2D eigenvalue weighted by molar-refractivity contribution is 9.10. The van der Waals surface area contributed by atoms with Gasteiger partial charge >= 0.3 is 0 Å². The minimum absolute atomic E-state index is 0.0795. The number of halogens is 1. The molecule has 0 bridgehead atoms. The second-order valence-corrected chi connectivity index (χ2v) is 7.15. The van der Waals surface area contributed by atoms with Crippen LogP contribution in [0.5, 0.6) is 0 Å². The Bertz CT molecular complexity index is 550. The van der Waals surface area contributed by atoms with Gasteiger partial charge in [-0.15, -0.1) is 0 Å². The van der Waals surface area contributed by atoms with Crippen molar-refractivity contribution in [2.45, 2.75) is 24.0 Å². The Morgan fingerprint density at radius 1 is 1.28 bits per heavy atom. The zero-order valence-corrected chi connectivity index (χ0v) is 12.1. The van der Waals surface area contributed by atoms with E-state index in [-0.39, 0.29) is 18.0 Å². The third kappa shape index (κ3) is 2.46. The molecule has 2 rings (SSSR count). The van der Waals surface area contributed by atoms with Crippen molar-refractivity contribution in [3.05, 3.63) is 28.2 Å². The van der Waals surface area contributed by atoms with Crippen LogP contribution in [0.15, 0.2) is 27.6 Å². The Morgan fingerprint density at radius 2 is 1.83 bits per heavy atom. The summed E-state index contributed by atoms with van der Waals surface area (Å²) >= 11 is 3.23. The lowest BCUT2D eigenvalue weighted by atomic mass is 10.2. The van der Waals surface area contributed by atoms with Crippen LogP contribution in [0.3, 0.4) is 0 Å². The quantitative estimate of drug-likeness (QED) is 0.824. The smallest absolute Gasteiger partial charge is 0.244 e. The summed E-state index contributed by atoms with van der Waals surface area (Å²) in [5.41, 5.74) is 0.947. The van der Waals surface area contributed by atoms with Crippen molar-refractivity contribution in [2.24, 2.45) is 0 Å². The van der Waals surface area contributed by atoms with Gasteiger partial charge in [0.1, 0.15) is 0 Å². The summed E-state index contributed by atoms with van der Waals surface area (Å²) in [6.45, 7) is 1.71. The molecule has 0 saturated carbocycles. The number of aliphatic hydroxyl groups excluding tert-OH is 2. The minimum atomic E-state index is -3.69. The first-order valence-corrected chi connectivity index (χ1v) is 7.68. The van der Waals surface area contributed by atoms with Gasteiger partial charge in [-0.3, -0.25) is 0 Å². The number of hydrogen-bond acceptors (Lipinski definition) is 4. The van der Waals surface area contributed by atoms with Crippen molar-refractivity contribution < 1.29 is 18.6 Å². The molecule has 2 N–H and O–H groups in total. The molecule has 0 aromatic heterocycles. The molecule has 1 aromatic rings. The minimum Gasteiger partial charge on any atom is -0.389 e. The fourth-order valence-corrected chi connectivity index (χ4v) is 4.51. The lowest BCUT2D eigenvalue weighted by Crippen LogP contribution is -2.30. The summed E-state index contributed by atoms with van der Waals surface area (Å²) in [7, 11) is -3.69. The van der Waals surface area contributed by atoms with E-state index < -0.39 is 22.2 Å². The van der Waals surface area contributed by atoms with Crippen LogP contribution in [-0.4, -0.2) is 48.2 Å². The summed E-state index contributed by atoms with van der Waals surface area (Å²) in [6.07, 6.45) is -2.05. The number of rotatable bonds is 2. The molecule has 0 radical (unpaired) electrons. The zero-order valence-electron chi connectivity index (χ0n) is 9.75. The zero-order chi connectivity index (χ0) is 13.5. The van der Waals surface area contributed by atoms with Crippen LogP contribution in [0.4, 0.5) is 0 Å². The first-order valence-electron chi connectivity index (χ1n) is 5.45. The number of aryl methyl sites for hydroxylation is 1. The first-order chi connectivity index (χ1) is 8.32. The first kappa shape index (κ1) is 14.0. The Morgan fingerprint density at radius 3 is 2.33 bits per heavy atom. The highest BCUT2D eigenvalue weighted by Gasteiger charge is 2.38. The molecule has 1 aromatic carbocycles. The average molecular weight is 336 g/mol. The molecule has 2 unspecified atom stereocenters. The molecule has 100 valence electrons. The molecule has 1 saturated heterocycles. The largest absolute Gasteiger partial charge is 0.389 e. The van der Waals surface area contributed by atoms with E-state index in [0.717, 1.165) is 9.87 Å². The molecule has 0 aliphatic carbocycles. The van der Waals surface area contributed by atoms with Crippen molar-refractivity contribution in [2.75, 3.05) is 13.1 Å². The Labute approximate surface area is 114 Å². The summed E-state index contributed by atoms with van der Waals surface area (Å²) in [4.78, 5) is 0.148. The molecule has 1 fully saturated rings. The molecular formula is C11H14BrNO4S. The molecule has 1 aliphatic heterocycles. The molecule has 18 heavy (non-hydrogen) atoms. The van der Waals surface area contributed by atoms with E-state index in [0.29, 0.717) is 4.47 Å². The number of nitrogens with zero attached hydrogens (tertiary/aromatic N) is 1. The van der Waals surface area contributed by atoms with Crippen LogP contribution >= 0.6 is 15.9 Å². The van der Waals surface area contributed by atoms with Crippen molar-refractivity contribution in [3.8, 4) is 0 Å². The normalized spacial score (nSPS) is 25.6. The maximum absolute atomic E-state index is 12.3. The number of aliphatic hydroxyl groups is 2. The molecule has 7 heteroatoms. The highest BCUT2D eigenvalue weighted by Crippen LogP contribution is 2.28. The monoisotopic (exact) mass is 335 g/mol. The van der Waals surface area contributed by atoms with Crippen LogP contribution in [0.2, 0.25) is 0 Å². The van der Waals surface area contributed by atoms with Crippen molar-refractivity contribution in [1.29, 1.82) is 0 Å². The van der Waals surface area contributed by atoms with Crippen molar-refractivity contribution in [3.63, 3.8) is 0 Å². The molecule has 5 nitrogen and oxygen atoms in total. The van der Waals surface area contributed by atoms with Gasteiger partial charge in [0.15, 0.2) is 0 Å². The van der Waals surface area contributed by atoms with Crippen LogP contribution in [-0.2, 0) is 10.0 Å². The Kier molecular flexibility index (Phi) is 3.80. The fourth-order valence-electron chi connectivity index (χ4n) is 1.89. The van der Waals surface area contributed by atoms with Gasteiger partial charge in [0, 0.05) is 17.6 Å². The van der Waals surface area contributed by atoms with Gasteiger partial charge in [0.2, 0.25) is 10.0 Å². The lowest BCUT2D eigenvalue weighted by Gasteiger charge is -2.16. The van der Waals surface area contributed by atoms with Gasteiger partial charge in [-0.25, -0.2) is 8.42 Å². The van der Waals surface area contributed by atoms with E-state index in [4.69, 9.17) is 0 Å². The molecule has 1 aliphatic rings. The van der Waals surface area contributed by atoms with Crippen LogP contribution in [0.1, 0.15) is 5.56 Å². The summed E-state index contributed by atoms with van der Waals surface area (Å²) in [6, 6.07) is 4.95. The van der Waals surface area contributed by atoms with Gasteiger partial charge in [0.05, 0.1) is 17.1 Å². The average Bonchev–Trinajstić information content (AvgIpc) is 2.59. The van der Waals surface area contributed by atoms with Crippen LogP contribution < -0.4 is 0 Å². The Hall–Kier alpha value is -0.470. The van der Waals surface area contributed by atoms with Crippen molar-refractivity contribution in [1.82, 2.24) is 4.31 Å². The molecule has 0 amide bonds. The lowest BCUT2D eigenvalue weighted by molar-refractivity contribution is 0.0572. The van der Waals surface area contributed by atoms with E-state index in [9.17, 15) is 18.6 Å². The summed E-state index contributed by atoms with van der Waals surface area (Å²) in [5.74, 6) is 0. The molecule has 2 atom stereocenters. The second kappa shape index (κ2) is 4.90. The van der Waals surface area contributed by atoms with Gasteiger partial charge in [-0.1, -0.05) is 6.07 Å². The van der Waals surface area contributed by atoms with Crippen molar-refractivity contribution >= 4 is 26.0 Å². The van der Waals surface area contributed by atoms with E-state index in [1.165, 1.54) is 6.07 Å². The van der Waals surface area contributed by atoms with E-state index in [2.05, 4.69) is 15.9 Å². The van der Waals surface area contributed by atoms with Crippen LogP contribution in [0.25, 0.3) is 0 Å². The topological polar surface area (TPSA) is 77.8 Å². The number of benzene rings is 1. The maximum atomic E-state index is 12.3. The predicted molar refractivity (Wildman–Crippen MR) is 69.7 cm³/mol. The standard InChI is InChI=1S/C11H14BrNO4S/c1-7-2-3-11(8(12)4-7)18(16,17)13-5-9(14)10(15)6-13/h2-4,9-10,14-15H,5-6H2,1H3. The van der Waals surface area contributed by atoms with E-state index in [1.54, 1.807) is 12.1 Å². The van der Waals surface area contributed by atoms with Gasteiger partial charge in [-0.05, 0) is 40.5 Å². The number of β-amino-alcohol motifs (C(OH)–C–C–N with tert-alkyl or cyclic N) is 2. The summed E-state index contributed by atoms with van der Waals surface area (Å²) < 4.78 is 26.2. The predicted octanol–water partition coefficient (Wildman–Crippen LogP) is 0.484. The Balaban J connectivity index is 2.37. The number of sulfonamides is 1. The molecule has 1 heterocycles. The number of hydrogen-bond donors (Lipinski definition) is 2. The third-order valence-electron chi connectivity index (χ3n) is 2.93. The van der Waals surface area contributed by atoms with E-state index >= 15 is 0 Å². The van der Waals surface area contributed by atoms with E-state index in [1.807, 2.05) is 6.92 Å². The maximum Gasteiger partial charge on any atom is 0.244 e. The summed E-state index contributed by atoms with van der Waals surface area (Å²) in [5, 5.41) is 18.8. The SMILES string of the molecule is Cc1ccc(S(=O)(=O)N2CC(O)C(O)C2)c(Br)c1. The molecule has 0 spiro atoms. The second-order valence-electron chi connectivity index (χ2n) is 4.39. The van der Waals surface area contributed by atoms with Gasteiger partial charge < -0.3 is 10.2 Å². The van der Waals surface area contributed by atoms with Crippen LogP contribution in [0, 0.1) is 6.92 Å². The van der Waals surface area contributed by atoms with Gasteiger partial charge in [-0.2, -0.15) is 4.31 Å². The highest BCUT2D eigenvalue weighted by atomic mass is 79.9. The van der Waals surface area contributed by atoms with Gasteiger partial charge in [0.25, 0.3) is 0 Å². The third-order valence-corrected chi connectivity index (χ3v) is 5.74.